The van der Waals surface area contributed by atoms with Crippen LogP contribution in [0.4, 0.5) is 0 Å². The van der Waals surface area contributed by atoms with E-state index in [2.05, 4.69) is 30.9 Å². The molecular formula is C33H52N2O4. The quantitative estimate of drug-likeness (QED) is 0.278. The number of hydrogen-bond donors (Lipinski definition) is 1. The molecule has 3 saturated carbocycles. The van der Waals surface area contributed by atoms with E-state index < -0.39 is 0 Å². The molecule has 1 saturated heterocycles. The molecule has 2 N–H and O–H groups in total. The lowest BCUT2D eigenvalue weighted by atomic mass is 9.46. The smallest absolute Gasteiger partial charge is 0.102 e. The zero-order valence-corrected chi connectivity index (χ0v) is 24.5. The highest BCUT2D eigenvalue weighted by molar-refractivity contribution is 5.30. The number of allylic oxidation sites excluding steroid dienone is 1. The highest BCUT2D eigenvalue weighted by Crippen LogP contribution is 2.70. The molecule has 6 heteroatoms. The molecule has 4 aliphatic carbocycles. The fourth-order valence-electron chi connectivity index (χ4n) is 9.91. The molecule has 6 nitrogen and oxygen atoms in total. The fourth-order valence-corrected chi connectivity index (χ4v) is 9.91. The van der Waals surface area contributed by atoms with Gasteiger partial charge >= 0.3 is 0 Å². The van der Waals surface area contributed by atoms with Crippen molar-refractivity contribution in [3.8, 4) is 0 Å². The van der Waals surface area contributed by atoms with Gasteiger partial charge in [0.2, 0.25) is 0 Å². The van der Waals surface area contributed by atoms with Gasteiger partial charge in [-0.05, 0) is 107 Å². The number of likely N-dealkylation sites (tertiary alicyclic amines) is 1. The van der Waals surface area contributed by atoms with E-state index in [4.69, 9.17) is 24.4 Å². The lowest BCUT2D eigenvalue weighted by molar-refractivity contribution is -0.164. The van der Waals surface area contributed by atoms with Crippen LogP contribution in [-0.2, 0) is 19.8 Å². The highest BCUT2D eigenvalue weighted by Gasteiger charge is 2.65. The molecule has 1 aliphatic heterocycles. The molecule has 2 heterocycles. The zero-order chi connectivity index (χ0) is 26.9. The average Bonchev–Trinajstić information content (AvgIpc) is 3.71. The van der Waals surface area contributed by atoms with E-state index in [9.17, 15) is 0 Å². The molecule has 0 spiro atoms. The minimum absolute atomic E-state index is 0.125. The summed E-state index contributed by atoms with van der Waals surface area (Å²) in [5.74, 6) is 2.22. The molecule has 6 rings (SSSR count). The summed E-state index contributed by atoms with van der Waals surface area (Å²) in [4.78, 5) is 2.51. The number of ether oxygens (including phenoxy) is 3. The highest BCUT2D eigenvalue weighted by atomic mass is 16.5. The summed E-state index contributed by atoms with van der Waals surface area (Å²) in [6.07, 6.45) is 18.9. The van der Waals surface area contributed by atoms with Crippen LogP contribution in [0.25, 0.3) is 0 Å². The molecule has 1 aromatic heterocycles. The Morgan fingerprint density at radius 3 is 2.62 bits per heavy atom. The van der Waals surface area contributed by atoms with E-state index >= 15 is 0 Å². The summed E-state index contributed by atoms with van der Waals surface area (Å²) in [5, 5.41) is 0. The zero-order valence-electron chi connectivity index (χ0n) is 24.5. The van der Waals surface area contributed by atoms with Gasteiger partial charge in [-0.15, -0.1) is 0 Å². The van der Waals surface area contributed by atoms with Crippen LogP contribution in [0.2, 0.25) is 0 Å². The Hall–Kier alpha value is -1.18. The van der Waals surface area contributed by atoms with Gasteiger partial charge in [-0.1, -0.05) is 25.5 Å². The van der Waals surface area contributed by atoms with Gasteiger partial charge in [-0.2, -0.15) is 0 Å². The van der Waals surface area contributed by atoms with Crippen LogP contribution in [0.5, 0.6) is 0 Å². The number of nitrogens with two attached hydrogens (primary N) is 1. The second kappa shape index (κ2) is 11.6. The van der Waals surface area contributed by atoms with Crippen molar-refractivity contribution in [1.82, 2.24) is 4.90 Å². The standard InChI is InChI=1S/C33H52N2O4/c1-31-11-7-27(38-22-21-36-20-17-35-15-3-4-16-35)23-25(31)5-6-28-29(31)8-12-32(2)30(28)9-13-33(32,39-19-14-34)26-10-18-37-24-26/h10,18,23-24,27-30H,3-9,11-17,19-22,34H2,1-2H3/t27?,28-,29-,30+,31+,32+,33?/m1/s1. The monoisotopic (exact) mass is 540 g/mol. The van der Waals surface area contributed by atoms with E-state index in [0.29, 0.717) is 37.7 Å². The van der Waals surface area contributed by atoms with Gasteiger partial charge in [-0.25, -0.2) is 0 Å². The Balaban J connectivity index is 1.08. The maximum Gasteiger partial charge on any atom is 0.102 e. The Kier molecular flexibility index (Phi) is 8.32. The maximum absolute atomic E-state index is 6.74. The normalized spacial score (nSPS) is 40.2. The third-order valence-corrected chi connectivity index (χ3v) is 12.0. The van der Waals surface area contributed by atoms with Gasteiger partial charge in [0.1, 0.15) is 5.60 Å². The first kappa shape index (κ1) is 28.0. The minimum Gasteiger partial charge on any atom is -0.472 e. The third-order valence-electron chi connectivity index (χ3n) is 12.0. The average molecular weight is 541 g/mol. The van der Waals surface area contributed by atoms with E-state index in [1.165, 1.54) is 70.0 Å². The maximum atomic E-state index is 6.74. The lowest BCUT2D eigenvalue weighted by Gasteiger charge is -2.60. The molecule has 2 unspecified atom stereocenters. The molecule has 218 valence electrons. The van der Waals surface area contributed by atoms with Crippen LogP contribution in [-0.4, -0.2) is 63.6 Å². The van der Waals surface area contributed by atoms with Crippen molar-refractivity contribution in [2.45, 2.75) is 89.8 Å². The van der Waals surface area contributed by atoms with Crippen molar-refractivity contribution in [2.24, 2.45) is 34.3 Å². The second-order valence-electron chi connectivity index (χ2n) is 13.6. The van der Waals surface area contributed by atoms with Crippen molar-refractivity contribution < 1.29 is 18.6 Å². The molecule has 4 fully saturated rings. The second-order valence-corrected chi connectivity index (χ2v) is 13.6. The van der Waals surface area contributed by atoms with E-state index in [1.54, 1.807) is 5.57 Å². The van der Waals surface area contributed by atoms with Crippen LogP contribution >= 0.6 is 0 Å². The van der Waals surface area contributed by atoms with Crippen molar-refractivity contribution in [2.75, 3.05) is 52.6 Å². The van der Waals surface area contributed by atoms with Crippen LogP contribution in [0.15, 0.2) is 34.7 Å². The molecule has 0 amide bonds. The molecule has 1 aromatic rings. The Morgan fingerprint density at radius 2 is 1.82 bits per heavy atom. The van der Waals surface area contributed by atoms with Crippen molar-refractivity contribution >= 4 is 0 Å². The topological polar surface area (TPSA) is 70.1 Å². The predicted molar refractivity (Wildman–Crippen MR) is 153 cm³/mol. The van der Waals surface area contributed by atoms with Gasteiger partial charge in [-0.3, -0.25) is 0 Å². The van der Waals surface area contributed by atoms with Crippen LogP contribution in [0.1, 0.15) is 83.6 Å². The summed E-state index contributed by atoms with van der Waals surface area (Å²) < 4.78 is 24.5. The summed E-state index contributed by atoms with van der Waals surface area (Å²) in [6.45, 7) is 12.1. The molecule has 7 atom stereocenters. The number of furan rings is 1. The first-order valence-corrected chi connectivity index (χ1v) is 16.0. The first-order valence-electron chi connectivity index (χ1n) is 16.0. The number of fused-ring (bicyclic) bond motifs is 5. The summed E-state index contributed by atoms with van der Waals surface area (Å²) in [5.41, 5.74) is 9.01. The van der Waals surface area contributed by atoms with Crippen LogP contribution in [0.3, 0.4) is 0 Å². The van der Waals surface area contributed by atoms with Crippen molar-refractivity contribution in [3.63, 3.8) is 0 Å². The summed E-state index contributed by atoms with van der Waals surface area (Å²) in [7, 11) is 0. The first-order chi connectivity index (χ1) is 19.0. The van der Waals surface area contributed by atoms with Gasteiger partial charge in [0.15, 0.2) is 0 Å². The van der Waals surface area contributed by atoms with Crippen molar-refractivity contribution in [1.29, 1.82) is 0 Å². The third kappa shape index (κ3) is 4.97. The van der Waals surface area contributed by atoms with Crippen LogP contribution < -0.4 is 5.73 Å². The van der Waals surface area contributed by atoms with E-state index in [1.807, 2.05) is 12.5 Å². The number of hydrogen-bond acceptors (Lipinski definition) is 6. The Morgan fingerprint density at radius 1 is 0.974 bits per heavy atom. The molecular weight excluding hydrogens is 488 g/mol. The predicted octanol–water partition coefficient (Wildman–Crippen LogP) is 5.91. The molecule has 0 bridgehead atoms. The number of nitrogens with zero attached hydrogens (tertiary/aromatic N) is 1. The number of rotatable bonds is 11. The van der Waals surface area contributed by atoms with Crippen molar-refractivity contribution in [3.05, 3.63) is 35.8 Å². The van der Waals surface area contributed by atoms with Gasteiger partial charge in [0.25, 0.3) is 0 Å². The van der Waals surface area contributed by atoms with E-state index in [-0.39, 0.29) is 17.1 Å². The fraction of sp³-hybridized carbons (Fsp3) is 0.818. The largest absolute Gasteiger partial charge is 0.472 e. The van der Waals surface area contributed by atoms with Gasteiger partial charge in [0.05, 0.1) is 45.1 Å². The Bertz CT molecular complexity index is 974. The molecule has 0 radical (unpaired) electrons. The summed E-state index contributed by atoms with van der Waals surface area (Å²) >= 11 is 0. The lowest BCUT2D eigenvalue weighted by Crippen LogP contribution is -2.54. The van der Waals surface area contributed by atoms with Crippen LogP contribution in [0, 0.1) is 28.6 Å². The Labute approximate surface area is 236 Å². The molecule has 0 aromatic carbocycles. The molecule has 39 heavy (non-hydrogen) atoms. The van der Waals surface area contributed by atoms with Gasteiger partial charge < -0.3 is 29.3 Å². The summed E-state index contributed by atoms with van der Waals surface area (Å²) in [6, 6.07) is 2.14. The molecule has 5 aliphatic rings. The van der Waals surface area contributed by atoms with E-state index in [0.717, 1.165) is 37.8 Å². The minimum atomic E-state index is -0.270. The SMILES string of the molecule is C[C@]12CCC(OCCOCCN3CCCC3)C=C1CC[C@@H]1[C@H]2CC[C@@]2(C)[C@H]1CCC2(OCCN)c1ccoc1. The van der Waals surface area contributed by atoms with Gasteiger partial charge in [0, 0.05) is 24.1 Å².